The molecule has 0 saturated carbocycles. The zero-order valence-electron chi connectivity index (χ0n) is 11.7. The Morgan fingerprint density at radius 1 is 1.40 bits per heavy atom. The van der Waals surface area contributed by atoms with Crippen molar-refractivity contribution in [3.8, 4) is 0 Å². The average Bonchev–Trinajstić information content (AvgIpc) is 2.46. The van der Waals surface area contributed by atoms with E-state index in [0.717, 1.165) is 18.7 Å². The molecule has 1 aliphatic rings. The van der Waals surface area contributed by atoms with Crippen LogP contribution < -0.4 is 9.62 Å². The quantitative estimate of drug-likeness (QED) is 0.807. The van der Waals surface area contributed by atoms with Crippen molar-refractivity contribution in [1.82, 2.24) is 4.72 Å². The first kappa shape index (κ1) is 15.3. The van der Waals surface area contributed by atoms with Crippen LogP contribution in [0.1, 0.15) is 12.5 Å². The van der Waals surface area contributed by atoms with E-state index in [0.29, 0.717) is 13.1 Å². The summed E-state index contributed by atoms with van der Waals surface area (Å²) in [5.41, 5.74) is 2.36. The van der Waals surface area contributed by atoms with Gasteiger partial charge in [-0.15, -0.1) is 0 Å². The average molecular weight is 298 g/mol. The molecule has 1 aromatic rings. The van der Waals surface area contributed by atoms with E-state index >= 15 is 0 Å². The van der Waals surface area contributed by atoms with E-state index in [1.54, 1.807) is 6.92 Å². The molecule has 1 heterocycles. The molecule has 0 saturated heterocycles. The van der Waals surface area contributed by atoms with Crippen molar-refractivity contribution in [2.75, 3.05) is 36.9 Å². The lowest BCUT2D eigenvalue weighted by Gasteiger charge is -2.35. The molecule has 1 atom stereocenters. The SMILES string of the molecule is CCS(=O)(=O)NCCN1CC(CO)Cc2ccccc21. The molecule has 0 bridgehead atoms. The molecular weight excluding hydrogens is 276 g/mol. The first-order valence-corrected chi connectivity index (χ1v) is 8.62. The fourth-order valence-corrected chi connectivity index (χ4v) is 3.16. The third-order valence-corrected chi connectivity index (χ3v) is 5.07. The molecule has 0 radical (unpaired) electrons. The molecule has 2 N–H and O–H groups in total. The predicted molar refractivity (Wildman–Crippen MR) is 80.4 cm³/mol. The van der Waals surface area contributed by atoms with Gasteiger partial charge in [-0.2, -0.15) is 0 Å². The molecule has 0 aliphatic carbocycles. The van der Waals surface area contributed by atoms with Crippen molar-refractivity contribution in [2.45, 2.75) is 13.3 Å². The van der Waals surface area contributed by atoms with Gasteiger partial charge in [0.05, 0.1) is 5.75 Å². The second kappa shape index (κ2) is 6.56. The Morgan fingerprint density at radius 3 is 2.85 bits per heavy atom. The topological polar surface area (TPSA) is 69.6 Å². The third kappa shape index (κ3) is 3.71. The first-order chi connectivity index (χ1) is 9.55. The van der Waals surface area contributed by atoms with Crippen LogP contribution in [0.4, 0.5) is 5.69 Å². The first-order valence-electron chi connectivity index (χ1n) is 6.96. The van der Waals surface area contributed by atoms with Crippen LogP contribution in [0.3, 0.4) is 0 Å². The van der Waals surface area contributed by atoms with Gasteiger partial charge in [0, 0.05) is 37.8 Å². The van der Waals surface area contributed by atoms with Crippen LogP contribution in [0.2, 0.25) is 0 Å². The van der Waals surface area contributed by atoms with Gasteiger partial charge in [-0.05, 0) is 25.0 Å². The number of nitrogens with one attached hydrogen (secondary N) is 1. The highest BCUT2D eigenvalue weighted by Gasteiger charge is 2.23. The van der Waals surface area contributed by atoms with Crippen molar-refractivity contribution in [1.29, 1.82) is 0 Å². The van der Waals surface area contributed by atoms with Crippen molar-refractivity contribution in [3.05, 3.63) is 29.8 Å². The standard InChI is InChI=1S/C14H22N2O3S/c1-2-20(18,19)15-7-8-16-10-12(11-17)9-13-5-3-4-6-14(13)16/h3-6,12,15,17H,2,7-11H2,1H3. The van der Waals surface area contributed by atoms with Crippen LogP contribution in [0, 0.1) is 5.92 Å². The zero-order valence-corrected chi connectivity index (χ0v) is 12.6. The van der Waals surface area contributed by atoms with Crippen LogP contribution >= 0.6 is 0 Å². The van der Waals surface area contributed by atoms with Gasteiger partial charge in [0.2, 0.25) is 10.0 Å². The van der Waals surface area contributed by atoms with Gasteiger partial charge in [0.1, 0.15) is 0 Å². The largest absolute Gasteiger partial charge is 0.396 e. The molecule has 1 aromatic carbocycles. The summed E-state index contributed by atoms with van der Waals surface area (Å²) in [5.74, 6) is 0.315. The third-order valence-electron chi connectivity index (χ3n) is 3.66. The van der Waals surface area contributed by atoms with E-state index in [1.165, 1.54) is 5.56 Å². The Hall–Kier alpha value is -1.11. The minimum atomic E-state index is -3.14. The number of fused-ring (bicyclic) bond motifs is 1. The highest BCUT2D eigenvalue weighted by atomic mass is 32.2. The summed E-state index contributed by atoms with van der Waals surface area (Å²) in [5, 5.41) is 9.39. The highest BCUT2D eigenvalue weighted by Crippen LogP contribution is 2.28. The summed E-state index contributed by atoms with van der Waals surface area (Å²) in [4.78, 5) is 2.15. The number of benzene rings is 1. The number of hydrogen-bond acceptors (Lipinski definition) is 4. The molecule has 0 aromatic heterocycles. The molecule has 5 nitrogen and oxygen atoms in total. The van der Waals surface area contributed by atoms with E-state index in [2.05, 4.69) is 21.8 Å². The van der Waals surface area contributed by atoms with E-state index in [4.69, 9.17) is 0 Å². The van der Waals surface area contributed by atoms with Crippen LogP contribution in [0.25, 0.3) is 0 Å². The van der Waals surface area contributed by atoms with Crippen LogP contribution in [0.5, 0.6) is 0 Å². The van der Waals surface area contributed by atoms with Gasteiger partial charge in [0.25, 0.3) is 0 Å². The van der Waals surface area contributed by atoms with Gasteiger partial charge in [-0.25, -0.2) is 13.1 Å². The lowest BCUT2D eigenvalue weighted by Crippen LogP contribution is -2.41. The molecule has 6 heteroatoms. The van der Waals surface area contributed by atoms with Crippen LogP contribution in [0.15, 0.2) is 24.3 Å². The Bertz CT molecular complexity index is 545. The fraction of sp³-hybridized carbons (Fsp3) is 0.571. The number of rotatable bonds is 6. The summed E-state index contributed by atoms with van der Waals surface area (Å²) in [7, 11) is -3.14. The smallest absolute Gasteiger partial charge is 0.211 e. The summed E-state index contributed by atoms with van der Waals surface area (Å²) in [6.45, 7) is 3.56. The summed E-state index contributed by atoms with van der Waals surface area (Å²) < 4.78 is 25.5. The fourth-order valence-electron chi connectivity index (χ4n) is 2.55. The number of hydrogen-bond donors (Lipinski definition) is 2. The van der Waals surface area contributed by atoms with Crippen molar-refractivity contribution >= 4 is 15.7 Å². The lowest BCUT2D eigenvalue weighted by molar-refractivity contribution is 0.224. The molecule has 2 rings (SSSR count). The second-order valence-electron chi connectivity index (χ2n) is 5.13. The lowest BCUT2D eigenvalue weighted by atomic mass is 9.93. The minimum absolute atomic E-state index is 0.100. The molecule has 0 amide bonds. The van der Waals surface area contributed by atoms with Crippen LogP contribution in [-0.2, 0) is 16.4 Å². The van der Waals surface area contributed by atoms with Gasteiger partial charge in [-0.1, -0.05) is 18.2 Å². The normalized spacial score (nSPS) is 18.9. The number of para-hydroxylation sites is 1. The Labute approximate surface area is 120 Å². The maximum Gasteiger partial charge on any atom is 0.211 e. The number of anilines is 1. The molecule has 112 valence electrons. The predicted octanol–water partition coefficient (Wildman–Crippen LogP) is 0.597. The number of aliphatic hydroxyl groups is 1. The van der Waals surface area contributed by atoms with Gasteiger partial charge in [-0.3, -0.25) is 0 Å². The number of sulfonamides is 1. The van der Waals surface area contributed by atoms with Crippen LogP contribution in [-0.4, -0.2) is 45.5 Å². The van der Waals surface area contributed by atoms with E-state index in [-0.39, 0.29) is 18.3 Å². The minimum Gasteiger partial charge on any atom is -0.396 e. The van der Waals surface area contributed by atoms with Crippen molar-refractivity contribution < 1.29 is 13.5 Å². The zero-order chi connectivity index (χ0) is 14.6. The summed E-state index contributed by atoms with van der Waals surface area (Å²) in [6, 6.07) is 8.11. The molecule has 1 aliphatic heterocycles. The van der Waals surface area contributed by atoms with Gasteiger partial charge >= 0.3 is 0 Å². The van der Waals surface area contributed by atoms with Crippen molar-refractivity contribution in [2.24, 2.45) is 5.92 Å². The molecule has 0 spiro atoms. The molecule has 0 fully saturated rings. The highest BCUT2D eigenvalue weighted by molar-refractivity contribution is 7.89. The number of nitrogens with zero attached hydrogens (tertiary/aromatic N) is 1. The Kier molecular flexibility index (Phi) is 5.01. The second-order valence-corrected chi connectivity index (χ2v) is 7.22. The van der Waals surface area contributed by atoms with Gasteiger partial charge < -0.3 is 10.0 Å². The van der Waals surface area contributed by atoms with E-state index in [1.807, 2.05) is 12.1 Å². The monoisotopic (exact) mass is 298 g/mol. The molecule has 20 heavy (non-hydrogen) atoms. The van der Waals surface area contributed by atoms with Gasteiger partial charge in [0.15, 0.2) is 0 Å². The Balaban J connectivity index is 2.04. The maximum absolute atomic E-state index is 11.4. The number of aliphatic hydroxyl groups excluding tert-OH is 1. The van der Waals surface area contributed by atoms with E-state index in [9.17, 15) is 13.5 Å². The summed E-state index contributed by atoms with van der Waals surface area (Å²) in [6.07, 6.45) is 0.879. The summed E-state index contributed by atoms with van der Waals surface area (Å²) >= 11 is 0. The van der Waals surface area contributed by atoms with Crippen molar-refractivity contribution in [3.63, 3.8) is 0 Å². The maximum atomic E-state index is 11.4. The Morgan fingerprint density at radius 2 is 2.15 bits per heavy atom. The van der Waals surface area contributed by atoms with E-state index < -0.39 is 10.0 Å². The molecule has 1 unspecified atom stereocenters. The molecular formula is C14H22N2O3S.